The smallest absolute Gasteiger partial charge is 0.0976 e. The molecule has 0 bridgehead atoms. The molecule has 1 aromatic heterocycles. The Kier molecular flexibility index (Phi) is 3.95. The highest BCUT2D eigenvalue weighted by atomic mass is 35.5. The number of aryl methyl sites for hydroxylation is 1. The highest BCUT2D eigenvalue weighted by Gasteiger charge is 2.07. The van der Waals surface area contributed by atoms with Crippen LogP contribution in [0.5, 0.6) is 0 Å². The molecule has 4 heteroatoms. The van der Waals surface area contributed by atoms with Gasteiger partial charge in [-0.15, -0.1) is 11.3 Å². The van der Waals surface area contributed by atoms with Crippen molar-refractivity contribution in [3.05, 3.63) is 69.0 Å². The third-order valence-electron chi connectivity index (χ3n) is 3.40. The Hall–Kier alpha value is -1.84. The van der Waals surface area contributed by atoms with Crippen LogP contribution in [-0.2, 0) is 6.42 Å². The molecule has 0 aliphatic carbocycles. The number of hydrogen-bond acceptors (Lipinski definition) is 3. The molecule has 3 aromatic rings. The van der Waals surface area contributed by atoms with Gasteiger partial charge in [-0.05, 0) is 36.2 Å². The maximum Gasteiger partial charge on any atom is 0.0976 e. The summed E-state index contributed by atoms with van der Waals surface area (Å²) >= 11 is 7.57. The van der Waals surface area contributed by atoms with E-state index in [0.717, 1.165) is 39.0 Å². The fourth-order valence-electron chi connectivity index (χ4n) is 2.10. The van der Waals surface area contributed by atoms with E-state index in [-0.39, 0.29) is 0 Å². The molecular weight excluding hydrogens is 300 g/mol. The zero-order valence-electron chi connectivity index (χ0n) is 11.6. The van der Waals surface area contributed by atoms with Gasteiger partial charge < -0.3 is 5.73 Å². The summed E-state index contributed by atoms with van der Waals surface area (Å²) in [6.07, 6.45) is 0.823. The first kappa shape index (κ1) is 14.1. The number of anilines is 1. The van der Waals surface area contributed by atoms with Crippen molar-refractivity contribution in [2.24, 2.45) is 0 Å². The summed E-state index contributed by atoms with van der Waals surface area (Å²) in [5.41, 5.74) is 11.1. The number of rotatable bonds is 3. The Balaban J connectivity index is 1.82. The number of nitrogens with two attached hydrogens (primary N) is 1. The van der Waals surface area contributed by atoms with Crippen LogP contribution in [0.15, 0.2) is 47.8 Å². The highest BCUT2D eigenvalue weighted by Crippen LogP contribution is 2.26. The zero-order valence-corrected chi connectivity index (χ0v) is 13.2. The van der Waals surface area contributed by atoms with E-state index >= 15 is 0 Å². The minimum Gasteiger partial charge on any atom is -0.398 e. The Morgan fingerprint density at radius 2 is 1.90 bits per heavy atom. The molecule has 0 unspecified atom stereocenters. The first-order valence-electron chi connectivity index (χ1n) is 6.67. The number of aromatic nitrogens is 1. The molecule has 2 N–H and O–H groups in total. The van der Waals surface area contributed by atoms with E-state index in [2.05, 4.69) is 11.4 Å². The van der Waals surface area contributed by atoms with Gasteiger partial charge in [0.1, 0.15) is 0 Å². The first-order chi connectivity index (χ1) is 10.1. The molecule has 0 saturated carbocycles. The molecule has 2 nitrogen and oxygen atoms in total. The summed E-state index contributed by atoms with van der Waals surface area (Å²) in [4.78, 5) is 4.70. The monoisotopic (exact) mass is 314 g/mol. The molecule has 0 spiro atoms. The molecule has 0 radical (unpaired) electrons. The quantitative estimate of drug-likeness (QED) is 0.695. The van der Waals surface area contributed by atoms with Crippen LogP contribution in [0.4, 0.5) is 5.69 Å². The summed E-state index contributed by atoms with van der Waals surface area (Å²) in [6.45, 7) is 2.01. The van der Waals surface area contributed by atoms with Crippen molar-refractivity contribution < 1.29 is 0 Å². The van der Waals surface area contributed by atoms with Crippen molar-refractivity contribution in [3.63, 3.8) is 0 Å². The lowest BCUT2D eigenvalue weighted by Crippen LogP contribution is -1.91. The van der Waals surface area contributed by atoms with E-state index in [4.69, 9.17) is 22.3 Å². The molecule has 106 valence electrons. The number of halogens is 1. The maximum atomic E-state index is 5.97. The highest BCUT2D eigenvalue weighted by molar-refractivity contribution is 7.10. The van der Waals surface area contributed by atoms with Gasteiger partial charge in [-0.3, -0.25) is 0 Å². The average Bonchev–Trinajstić information content (AvgIpc) is 2.93. The normalized spacial score (nSPS) is 10.8. The Labute approximate surface area is 133 Å². The number of nitrogen functional groups attached to an aromatic ring is 1. The van der Waals surface area contributed by atoms with E-state index in [1.807, 2.05) is 43.3 Å². The Bertz CT molecular complexity index is 763. The lowest BCUT2D eigenvalue weighted by molar-refractivity contribution is 1.14. The second-order valence-electron chi connectivity index (χ2n) is 5.00. The molecular formula is C17H15ClN2S. The topological polar surface area (TPSA) is 38.9 Å². The van der Waals surface area contributed by atoms with Gasteiger partial charge in [0, 0.05) is 28.1 Å². The van der Waals surface area contributed by atoms with E-state index < -0.39 is 0 Å². The van der Waals surface area contributed by atoms with Crippen LogP contribution in [0.3, 0.4) is 0 Å². The second-order valence-corrected chi connectivity index (χ2v) is 6.38. The third kappa shape index (κ3) is 3.26. The Morgan fingerprint density at radius 1 is 1.14 bits per heavy atom. The minimum atomic E-state index is 0.758. The Morgan fingerprint density at radius 3 is 2.62 bits per heavy atom. The predicted octanol–water partition coefficient (Wildman–Crippen LogP) is 4.94. The van der Waals surface area contributed by atoms with Crippen molar-refractivity contribution in [1.82, 2.24) is 4.98 Å². The third-order valence-corrected chi connectivity index (χ3v) is 4.50. The van der Waals surface area contributed by atoms with E-state index in [0.29, 0.717) is 0 Å². The summed E-state index contributed by atoms with van der Waals surface area (Å²) in [5.74, 6) is 0. The van der Waals surface area contributed by atoms with Crippen LogP contribution in [0.2, 0.25) is 5.02 Å². The van der Waals surface area contributed by atoms with Crippen LogP contribution < -0.4 is 5.73 Å². The van der Waals surface area contributed by atoms with Crippen LogP contribution in [0.1, 0.15) is 16.1 Å². The van der Waals surface area contributed by atoms with Crippen molar-refractivity contribution in [2.75, 3.05) is 5.73 Å². The van der Waals surface area contributed by atoms with Gasteiger partial charge in [0.15, 0.2) is 0 Å². The van der Waals surface area contributed by atoms with Gasteiger partial charge in [-0.25, -0.2) is 4.98 Å². The molecule has 2 aromatic carbocycles. The lowest BCUT2D eigenvalue weighted by Gasteiger charge is -2.02. The van der Waals surface area contributed by atoms with Crippen molar-refractivity contribution in [2.45, 2.75) is 13.3 Å². The van der Waals surface area contributed by atoms with Crippen LogP contribution in [-0.4, -0.2) is 4.98 Å². The summed E-state index contributed by atoms with van der Waals surface area (Å²) in [7, 11) is 0. The van der Waals surface area contributed by atoms with E-state index in [1.54, 1.807) is 11.3 Å². The maximum absolute atomic E-state index is 5.97. The predicted molar refractivity (Wildman–Crippen MR) is 91.0 cm³/mol. The molecule has 21 heavy (non-hydrogen) atoms. The van der Waals surface area contributed by atoms with Crippen molar-refractivity contribution in [3.8, 4) is 11.3 Å². The fourth-order valence-corrected chi connectivity index (χ4v) is 3.06. The average molecular weight is 315 g/mol. The minimum absolute atomic E-state index is 0.758. The van der Waals surface area contributed by atoms with Gasteiger partial charge >= 0.3 is 0 Å². The molecule has 0 aliphatic heterocycles. The first-order valence-corrected chi connectivity index (χ1v) is 7.93. The second kappa shape index (κ2) is 5.88. The standard InChI is InChI=1S/C17H15ClN2S/c1-11-2-5-13(9-15(11)19)16-10-21-17(20-16)8-12-3-6-14(18)7-4-12/h2-7,9-10H,8,19H2,1H3. The summed E-state index contributed by atoms with van der Waals surface area (Å²) < 4.78 is 0. The number of nitrogens with zero attached hydrogens (tertiary/aromatic N) is 1. The summed E-state index contributed by atoms with van der Waals surface area (Å²) in [5, 5.41) is 3.93. The molecule has 0 fully saturated rings. The molecule has 0 saturated heterocycles. The fraction of sp³-hybridized carbons (Fsp3) is 0.118. The number of hydrogen-bond donors (Lipinski definition) is 1. The molecule has 0 amide bonds. The van der Waals surface area contributed by atoms with E-state index in [9.17, 15) is 0 Å². The van der Waals surface area contributed by atoms with Gasteiger partial charge in [-0.1, -0.05) is 35.9 Å². The molecule has 1 heterocycles. The molecule has 0 atom stereocenters. The van der Waals surface area contributed by atoms with Crippen molar-refractivity contribution >= 4 is 28.6 Å². The SMILES string of the molecule is Cc1ccc(-c2csc(Cc3ccc(Cl)cc3)n2)cc1N. The van der Waals surface area contributed by atoms with Gasteiger partial charge in [0.25, 0.3) is 0 Å². The van der Waals surface area contributed by atoms with Gasteiger partial charge in [-0.2, -0.15) is 0 Å². The van der Waals surface area contributed by atoms with Crippen LogP contribution >= 0.6 is 22.9 Å². The largest absolute Gasteiger partial charge is 0.398 e. The zero-order chi connectivity index (χ0) is 14.8. The lowest BCUT2D eigenvalue weighted by atomic mass is 10.1. The van der Waals surface area contributed by atoms with E-state index in [1.165, 1.54) is 5.56 Å². The van der Waals surface area contributed by atoms with Crippen molar-refractivity contribution in [1.29, 1.82) is 0 Å². The summed E-state index contributed by atoms with van der Waals surface area (Å²) in [6, 6.07) is 14.0. The number of thiazole rings is 1. The van der Waals surface area contributed by atoms with Gasteiger partial charge in [0.2, 0.25) is 0 Å². The van der Waals surface area contributed by atoms with Crippen LogP contribution in [0.25, 0.3) is 11.3 Å². The molecule has 0 aliphatic rings. The van der Waals surface area contributed by atoms with Crippen LogP contribution in [0, 0.1) is 6.92 Å². The number of benzene rings is 2. The van der Waals surface area contributed by atoms with Gasteiger partial charge in [0.05, 0.1) is 10.7 Å². The molecule has 3 rings (SSSR count).